The van der Waals surface area contributed by atoms with E-state index < -0.39 is 29.8 Å². The van der Waals surface area contributed by atoms with Crippen molar-refractivity contribution in [2.45, 2.75) is 44.4 Å². The second-order valence-electron chi connectivity index (χ2n) is 5.98. The van der Waals surface area contributed by atoms with Crippen molar-refractivity contribution in [1.82, 2.24) is 5.32 Å². The zero-order chi connectivity index (χ0) is 15.7. The fourth-order valence-electron chi connectivity index (χ4n) is 1.94. The third-order valence-electron chi connectivity index (χ3n) is 2.95. The number of amides is 1. The van der Waals surface area contributed by atoms with E-state index in [4.69, 9.17) is 9.47 Å². The minimum atomic E-state index is -3.24. The summed E-state index contributed by atoms with van der Waals surface area (Å²) >= 11 is 0. The van der Waals surface area contributed by atoms with Gasteiger partial charge in [-0.3, -0.25) is 0 Å². The number of alkyl carbamates (subject to hydrolysis) is 1. The van der Waals surface area contributed by atoms with Crippen molar-refractivity contribution in [3.63, 3.8) is 0 Å². The van der Waals surface area contributed by atoms with Gasteiger partial charge in [-0.15, -0.1) is 0 Å². The normalized spacial score (nSPS) is 19.8. The van der Waals surface area contributed by atoms with Gasteiger partial charge in [0, 0.05) is 5.56 Å². The van der Waals surface area contributed by atoms with E-state index in [1.54, 1.807) is 26.8 Å². The lowest BCUT2D eigenvalue weighted by atomic mass is 9.99. The number of hydrogen-bond acceptors (Lipinski definition) is 3. The average molecular weight is 299 g/mol. The highest BCUT2D eigenvalue weighted by molar-refractivity contribution is 5.68. The van der Waals surface area contributed by atoms with Crippen LogP contribution in [0.1, 0.15) is 26.3 Å². The van der Waals surface area contributed by atoms with Gasteiger partial charge < -0.3 is 14.8 Å². The molecular formula is C15H19F2NO3. The topological polar surface area (TPSA) is 50.9 Å². The Labute approximate surface area is 122 Å². The van der Waals surface area contributed by atoms with Gasteiger partial charge >= 0.3 is 6.09 Å². The summed E-state index contributed by atoms with van der Waals surface area (Å²) in [6.07, 6.45) is -1.58. The molecule has 2 rings (SSSR count). The molecular weight excluding hydrogens is 280 g/mol. The fraction of sp³-hybridized carbons (Fsp3) is 0.533. The van der Waals surface area contributed by atoms with Crippen LogP contribution < -0.4 is 5.32 Å². The number of ether oxygens (including phenoxy) is 2. The number of rotatable bonds is 4. The molecule has 1 aromatic carbocycles. The lowest BCUT2D eigenvalue weighted by Crippen LogP contribution is -2.50. The first-order valence-electron chi connectivity index (χ1n) is 6.74. The summed E-state index contributed by atoms with van der Waals surface area (Å²) in [7, 11) is 0. The molecule has 1 heterocycles. The molecule has 0 unspecified atom stereocenters. The second kappa shape index (κ2) is 5.60. The summed E-state index contributed by atoms with van der Waals surface area (Å²) in [4.78, 5) is 11.8. The van der Waals surface area contributed by atoms with Gasteiger partial charge in [-0.2, -0.15) is 8.78 Å². The van der Waals surface area contributed by atoms with Gasteiger partial charge in [0.1, 0.15) is 17.7 Å². The van der Waals surface area contributed by atoms with Crippen molar-refractivity contribution in [2.75, 3.05) is 6.61 Å². The first-order chi connectivity index (χ1) is 9.70. The number of epoxide rings is 1. The monoisotopic (exact) mass is 299 g/mol. The summed E-state index contributed by atoms with van der Waals surface area (Å²) < 4.78 is 39.1. The Morgan fingerprint density at radius 1 is 1.33 bits per heavy atom. The molecule has 0 radical (unpaired) electrons. The van der Waals surface area contributed by atoms with Crippen molar-refractivity contribution in [3.05, 3.63) is 35.9 Å². The van der Waals surface area contributed by atoms with Gasteiger partial charge in [0.2, 0.25) is 0 Å². The van der Waals surface area contributed by atoms with Crippen molar-refractivity contribution in [3.8, 4) is 0 Å². The van der Waals surface area contributed by atoms with Gasteiger partial charge in [0.25, 0.3) is 5.92 Å². The van der Waals surface area contributed by atoms with Gasteiger partial charge in [0.15, 0.2) is 0 Å². The average Bonchev–Trinajstić information content (AvgIpc) is 3.19. The molecule has 1 saturated heterocycles. The van der Waals surface area contributed by atoms with Crippen molar-refractivity contribution < 1.29 is 23.0 Å². The van der Waals surface area contributed by atoms with E-state index in [-0.39, 0.29) is 12.2 Å². The second-order valence-corrected chi connectivity index (χ2v) is 5.98. The lowest BCUT2D eigenvalue weighted by molar-refractivity contribution is -0.0542. The quantitative estimate of drug-likeness (QED) is 0.869. The molecule has 0 bridgehead atoms. The van der Waals surface area contributed by atoms with Crippen LogP contribution in [0.2, 0.25) is 0 Å². The van der Waals surface area contributed by atoms with E-state index in [0.717, 1.165) is 0 Å². The molecule has 116 valence electrons. The zero-order valence-corrected chi connectivity index (χ0v) is 12.2. The summed E-state index contributed by atoms with van der Waals surface area (Å²) in [5, 5.41) is 2.24. The molecule has 0 saturated carbocycles. The predicted octanol–water partition coefficient (Wildman–Crippen LogP) is 3.07. The fourth-order valence-corrected chi connectivity index (χ4v) is 1.94. The Morgan fingerprint density at radius 3 is 2.38 bits per heavy atom. The molecule has 0 aromatic heterocycles. The number of nitrogens with one attached hydrogen (secondary N) is 1. The van der Waals surface area contributed by atoms with Gasteiger partial charge in [0.05, 0.1) is 6.61 Å². The number of benzene rings is 1. The third-order valence-corrected chi connectivity index (χ3v) is 2.95. The van der Waals surface area contributed by atoms with Crippen LogP contribution in [0.25, 0.3) is 0 Å². The number of carbonyl (C=O) groups excluding carboxylic acids is 1. The van der Waals surface area contributed by atoms with Crippen molar-refractivity contribution in [2.24, 2.45) is 0 Å². The maximum atomic E-state index is 14.6. The minimum absolute atomic E-state index is 0.165. The van der Waals surface area contributed by atoms with Crippen LogP contribution in [0.5, 0.6) is 0 Å². The molecule has 0 aliphatic carbocycles. The third kappa shape index (κ3) is 4.14. The summed E-state index contributed by atoms with van der Waals surface area (Å²) in [6, 6.07) is 5.92. The molecule has 1 amide bonds. The number of alkyl halides is 2. The van der Waals surface area contributed by atoms with Crippen LogP contribution in [0.15, 0.2) is 30.3 Å². The maximum absolute atomic E-state index is 14.6. The molecule has 6 heteroatoms. The number of hydrogen-bond donors (Lipinski definition) is 1. The van der Waals surface area contributed by atoms with E-state index in [0.29, 0.717) is 0 Å². The first kappa shape index (κ1) is 15.7. The standard InChI is InChI=1S/C15H19F2NO3/c1-14(2,3)21-13(19)18-12(11-9-20-11)15(16,17)10-7-5-4-6-8-10/h4-8,11-12H,9H2,1-3H3,(H,18,19)/t11-,12+/m0/s1. The molecule has 1 N–H and O–H groups in total. The van der Waals surface area contributed by atoms with E-state index in [1.165, 1.54) is 24.3 Å². The molecule has 2 atom stereocenters. The highest BCUT2D eigenvalue weighted by Crippen LogP contribution is 2.37. The van der Waals surface area contributed by atoms with Crippen molar-refractivity contribution in [1.29, 1.82) is 0 Å². The van der Waals surface area contributed by atoms with Crippen LogP contribution in [-0.4, -0.2) is 30.4 Å². The highest BCUT2D eigenvalue weighted by Gasteiger charge is 2.52. The van der Waals surface area contributed by atoms with E-state index in [9.17, 15) is 13.6 Å². The number of halogens is 2. The highest BCUT2D eigenvalue weighted by atomic mass is 19.3. The Bertz CT molecular complexity index is 495. The maximum Gasteiger partial charge on any atom is 0.408 e. The minimum Gasteiger partial charge on any atom is -0.444 e. The Balaban J connectivity index is 2.14. The van der Waals surface area contributed by atoms with E-state index >= 15 is 0 Å². The Morgan fingerprint density at radius 2 is 1.90 bits per heavy atom. The molecule has 1 fully saturated rings. The first-order valence-corrected chi connectivity index (χ1v) is 6.74. The van der Waals surface area contributed by atoms with Gasteiger partial charge in [-0.1, -0.05) is 30.3 Å². The number of carbonyl (C=O) groups is 1. The van der Waals surface area contributed by atoms with E-state index in [1.807, 2.05) is 0 Å². The summed E-state index contributed by atoms with van der Waals surface area (Å²) in [5.41, 5.74) is -0.914. The lowest BCUT2D eigenvalue weighted by Gasteiger charge is -2.28. The van der Waals surface area contributed by atoms with Crippen molar-refractivity contribution >= 4 is 6.09 Å². The Hall–Kier alpha value is -1.69. The van der Waals surface area contributed by atoms with Crippen LogP contribution in [0.3, 0.4) is 0 Å². The van der Waals surface area contributed by atoms with Gasteiger partial charge in [-0.05, 0) is 20.8 Å². The molecule has 4 nitrogen and oxygen atoms in total. The molecule has 1 aliphatic rings. The molecule has 1 aromatic rings. The Kier molecular flexibility index (Phi) is 4.18. The molecule has 1 aliphatic heterocycles. The van der Waals surface area contributed by atoms with Crippen LogP contribution in [0, 0.1) is 0 Å². The van der Waals surface area contributed by atoms with Gasteiger partial charge in [-0.25, -0.2) is 4.79 Å². The summed E-state index contributed by atoms with van der Waals surface area (Å²) in [6.45, 7) is 5.21. The summed E-state index contributed by atoms with van der Waals surface area (Å²) in [5.74, 6) is -3.24. The van der Waals surface area contributed by atoms with Crippen LogP contribution >= 0.6 is 0 Å². The largest absolute Gasteiger partial charge is 0.444 e. The zero-order valence-electron chi connectivity index (χ0n) is 12.2. The predicted molar refractivity (Wildman–Crippen MR) is 73.2 cm³/mol. The molecule has 0 spiro atoms. The molecule has 21 heavy (non-hydrogen) atoms. The van der Waals surface area contributed by atoms with Crippen LogP contribution in [-0.2, 0) is 15.4 Å². The smallest absolute Gasteiger partial charge is 0.408 e. The SMILES string of the molecule is CC(C)(C)OC(=O)N[C@H]([C@@H]1CO1)C(F)(F)c1ccccc1. The van der Waals surface area contributed by atoms with E-state index in [2.05, 4.69) is 5.32 Å². The van der Waals surface area contributed by atoms with Crippen LogP contribution in [0.4, 0.5) is 13.6 Å².